The number of hydrogen-bond acceptors (Lipinski definition) is 4. The Hall–Kier alpha value is -3.93. The lowest BCUT2D eigenvalue weighted by Crippen LogP contribution is -2.45. The highest BCUT2D eigenvalue weighted by molar-refractivity contribution is 5.80. The number of fused-ring (bicyclic) bond motifs is 1. The molecular formula is C29H30N4O2. The summed E-state index contributed by atoms with van der Waals surface area (Å²) in [5.74, 6) is 0.279. The Morgan fingerprint density at radius 3 is 2.60 bits per heavy atom. The van der Waals surface area contributed by atoms with Gasteiger partial charge in [-0.15, -0.1) is 0 Å². The van der Waals surface area contributed by atoms with E-state index in [-0.39, 0.29) is 17.4 Å². The number of rotatable bonds is 6. The van der Waals surface area contributed by atoms with Crippen molar-refractivity contribution in [2.24, 2.45) is 5.92 Å². The third-order valence-electron chi connectivity index (χ3n) is 6.66. The Balaban J connectivity index is 1.39. The average molecular weight is 467 g/mol. The summed E-state index contributed by atoms with van der Waals surface area (Å²) in [5, 5.41) is 3.09. The molecule has 0 unspecified atom stereocenters. The van der Waals surface area contributed by atoms with Crippen molar-refractivity contribution in [3.05, 3.63) is 106 Å². The fourth-order valence-electron chi connectivity index (χ4n) is 4.85. The van der Waals surface area contributed by atoms with Crippen molar-refractivity contribution in [1.29, 1.82) is 0 Å². The van der Waals surface area contributed by atoms with Gasteiger partial charge in [0, 0.05) is 19.6 Å². The zero-order chi connectivity index (χ0) is 24.2. The Morgan fingerprint density at radius 1 is 1.00 bits per heavy atom. The number of anilines is 1. The molecule has 1 saturated heterocycles. The minimum Gasteiger partial charge on any atom is -0.352 e. The van der Waals surface area contributed by atoms with E-state index in [4.69, 9.17) is 4.98 Å². The largest absolute Gasteiger partial charge is 0.352 e. The highest BCUT2D eigenvalue weighted by Gasteiger charge is 2.28. The van der Waals surface area contributed by atoms with Crippen LogP contribution in [-0.4, -0.2) is 28.5 Å². The molecule has 0 saturated carbocycles. The number of hydrogen-bond donors (Lipinski definition) is 1. The van der Waals surface area contributed by atoms with Crippen molar-refractivity contribution in [2.75, 3.05) is 18.0 Å². The summed E-state index contributed by atoms with van der Waals surface area (Å²) in [6, 6.07) is 25.9. The van der Waals surface area contributed by atoms with Gasteiger partial charge in [-0.3, -0.25) is 14.2 Å². The number of benzene rings is 3. The summed E-state index contributed by atoms with van der Waals surface area (Å²) in [6.07, 6.45) is 1.65. The van der Waals surface area contributed by atoms with Crippen molar-refractivity contribution in [3.8, 4) is 0 Å². The number of aromatic nitrogens is 2. The second-order valence-corrected chi connectivity index (χ2v) is 9.29. The van der Waals surface area contributed by atoms with Crippen LogP contribution in [-0.2, 0) is 17.9 Å². The number of aryl methyl sites for hydroxylation is 1. The van der Waals surface area contributed by atoms with Gasteiger partial charge in [0.25, 0.3) is 5.56 Å². The molecule has 0 bridgehead atoms. The first kappa shape index (κ1) is 22.8. The lowest BCUT2D eigenvalue weighted by molar-refractivity contribution is -0.125. The van der Waals surface area contributed by atoms with Crippen molar-refractivity contribution in [1.82, 2.24) is 14.9 Å². The number of nitrogens with one attached hydrogen (secondary N) is 1. The second-order valence-electron chi connectivity index (χ2n) is 9.29. The summed E-state index contributed by atoms with van der Waals surface area (Å²) < 4.78 is 1.80. The number of carbonyl (C=O) groups is 1. The van der Waals surface area contributed by atoms with Crippen LogP contribution in [0.5, 0.6) is 0 Å². The van der Waals surface area contributed by atoms with Crippen molar-refractivity contribution < 1.29 is 4.79 Å². The molecule has 1 fully saturated rings. The first-order valence-corrected chi connectivity index (χ1v) is 12.2. The van der Waals surface area contributed by atoms with E-state index < -0.39 is 0 Å². The molecule has 35 heavy (non-hydrogen) atoms. The molecule has 1 atom stereocenters. The Morgan fingerprint density at radius 2 is 1.77 bits per heavy atom. The summed E-state index contributed by atoms with van der Waals surface area (Å²) >= 11 is 0. The predicted octanol–water partition coefficient (Wildman–Crippen LogP) is 4.29. The third-order valence-corrected chi connectivity index (χ3v) is 6.66. The predicted molar refractivity (Wildman–Crippen MR) is 140 cm³/mol. The van der Waals surface area contributed by atoms with Gasteiger partial charge < -0.3 is 10.2 Å². The Kier molecular flexibility index (Phi) is 6.62. The maximum Gasteiger partial charge on any atom is 0.294 e. The third kappa shape index (κ3) is 5.11. The van der Waals surface area contributed by atoms with E-state index in [9.17, 15) is 9.59 Å². The number of amides is 1. The van der Waals surface area contributed by atoms with Crippen LogP contribution in [0.2, 0.25) is 0 Å². The van der Waals surface area contributed by atoms with Gasteiger partial charge in [0.1, 0.15) is 0 Å². The summed E-state index contributed by atoms with van der Waals surface area (Å²) in [7, 11) is 0. The number of piperidine rings is 1. The molecule has 6 heteroatoms. The van der Waals surface area contributed by atoms with Gasteiger partial charge in [0.15, 0.2) is 5.82 Å². The van der Waals surface area contributed by atoms with Gasteiger partial charge in [0.2, 0.25) is 5.91 Å². The van der Waals surface area contributed by atoms with Gasteiger partial charge in [-0.25, -0.2) is 4.98 Å². The van der Waals surface area contributed by atoms with E-state index in [0.717, 1.165) is 35.0 Å². The van der Waals surface area contributed by atoms with Crippen molar-refractivity contribution in [2.45, 2.75) is 32.9 Å². The van der Waals surface area contributed by atoms with Crippen LogP contribution < -0.4 is 15.8 Å². The Labute approximate surface area is 205 Å². The van der Waals surface area contributed by atoms with Crippen molar-refractivity contribution in [3.63, 3.8) is 0 Å². The maximum atomic E-state index is 13.7. The molecule has 1 aliphatic rings. The molecule has 0 radical (unpaired) electrons. The van der Waals surface area contributed by atoms with Gasteiger partial charge in [-0.1, -0.05) is 72.3 Å². The van der Waals surface area contributed by atoms with E-state index >= 15 is 0 Å². The molecule has 3 aromatic carbocycles. The molecule has 0 aliphatic carbocycles. The molecule has 5 rings (SSSR count). The summed E-state index contributed by atoms with van der Waals surface area (Å²) in [5.41, 5.74) is 4.80. The van der Waals surface area contributed by atoms with E-state index in [1.807, 2.05) is 84.6 Å². The number of nitrogens with zero attached hydrogens (tertiary/aromatic N) is 3. The van der Waals surface area contributed by atoms with Crippen LogP contribution in [0.15, 0.2) is 83.7 Å². The molecule has 1 aromatic heterocycles. The van der Waals surface area contributed by atoms with Crippen LogP contribution in [0.3, 0.4) is 0 Å². The lowest BCUT2D eigenvalue weighted by atomic mass is 9.97. The molecule has 0 spiro atoms. The lowest BCUT2D eigenvalue weighted by Gasteiger charge is -2.33. The van der Waals surface area contributed by atoms with Crippen LogP contribution in [0, 0.1) is 12.8 Å². The standard InChI is InChI=1S/C29H30N4O2/c1-21-9-7-12-23(17-21)18-30-28(34)24-13-8-16-32(20-24)27-29(35)33(19-22-10-3-2-4-11-22)26-15-6-5-14-25(26)31-27/h2-7,9-12,14-15,17,24H,8,13,16,18-20H2,1H3,(H,30,34)/t24-/m1/s1. The molecule has 4 aromatic rings. The van der Waals surface area contributed by atoms with E-state index in [1.54, 1.807) is 4.57 Å². The normalized spacial score (nSPS) is 15.8. The van der Waals surface area contributed by atoms with E-state index in [0.29, 0.717) is 32.0 Å². The molecule has 1 N–H and O–H groups in total. The minimum absolute atomic E-state index is 0.0293. The van der Waals surface area contributed by atoms with Crippen LogP contribution in [0.1, 0.15) is 29.5 Å². The van der Waals surface area contributed by atoms with Crippen LogP contribution in [0.4, 0.5) is 5.82 Å². The monoisotopic (exact) mass is 466 g/mol. The Bertz CT molecular complexity index is 1400. The molecular weight excluding hydrogens is 436 g/mol. The SMILES string of the molecule is Cc1cccc(CNC(=O)[C@@H]2CCCN(c3nc4ccccc4n(Cc4ccccc4)c3=O)C2)c1. The van der Waals surface area contributed by atoms with Gasteiger partial charge in [0.05, 0.1) is 23.5 Å². The first-order chi connectivity index (χ1) is 17.1. The second kappa shape index (κ2) is 10.1. The number of carbonyl (C=O) groups excluding carboxylic acids is 1. The molecule has 1 aliphatic heterocycles. The molecule has 178 valence electrons. The minimum atomic E-state index is -0.177. The zero-order valence-electron chi connectivity index (χ0n) is 20.0. The smallest absolute Gasteiger partial charge is 0.294 e. The molecule has 1 amide bonds. The molecule has 2 heterocycles. The zero-order valence-corrected chi connectivity index (χ0v) is 20.0. The van der Waals surface area contributed by atoms with Gasteiger partial charge in [-0.05, 0) is 43.0 Å². The van der Waals surface area contributed by atoms with Gasteiger partial charge in [-0.2, -0.15) is 0 Å². The van der Waals surface area contributed by atoms with E-state index in [2.05, 4.69) is 11.4 Å². The van der Waals surface area contributed by atoms with E-state index in [1.165, 1.54) is 5.56 Å². The quantitative estimate of drug-likeness (QED) is 0.461. The van der Waals surface area contributed by atoms with Crippen LogP contribution >= 0.6 is 0 Å². The van der Waals surface area contributed by atoms with Crippen LogP contribution in [0.25, 0.3) is 11.0 Å². The maximum absolute atomic E-state index is 13.7. The fourth-order valence-corrected chi connectivity index (χ4v) is 4.85. The first-order valence-electron chi connectivity index (χ1n) is 12.2. The summed E-state index contributed by atoms with van der Waals surface area (Å²) in [4.78, 5) is 33.4. The van der Waals surface area contributed by atoms with Crippen molar-refractivity contribution >= 4 is 22.8 Å². The fraction of sp³-hybridized carbons (Fsp3) is 0.276. The number of para-hydroxylation sites is 2. The topological polar surface area (TPSA) is 67.2 Å². The highest BCUT2D eigenvalue weighted by Crippen LogP contribution is 2.22. The molecule has 6 nitrogen and oxygen atoms in total. The summed E-state index contributed by atoms with van der Waals surface area (Å²) in [6.45, 7) is 4.24. The average Bonchev–Trinajstić information content (AvgIpc) is 2.89. The van der Waals surface area contributed by atoms with Gasteiger partial charge >= 0.3 is 0 Å². The highest BCUT2D eigenvalue weighted by atomic mass is 16.2.